The molecule has 0 aromatic carbocycles. The standard InChI is InChI=1S/C12H22N2O3/c1-8-4-6-12(7-5-8,10(16)17)14-11(2,3)9(13)15/h8,14H,4-7H2,1-3H3,(H2,13,15)(H,16,17). The highest BCUT2D eigenvalue weighted by Crippen LogP contribution is 2.33. The molecule has 1 aliphatic carbocycles. The lowest BCUT2D eigenvalue weighted by Crippen LogP contribution is -2.65. The molecule has 1 aliphatic rings. The number of rotatable bonds is 4. The van der Waals surface area contributed by atoms with Gasteiger partial charge in [-0.2, -0.15) is 0 Å². The fourth-order valence-corrected chi connectivity index (χ4v) is 2.31. The summed E-state index contributed by atoms with van der Waals surface area (Å²) in [6, 6.07) is 0. The molecule has 5 heteroatoms. The van der Waals surface area contributed by atoms with Crippen molar-refractivity contribution in [3.05, 3.63) is 0 Å². The summed E-state index contributed by atoms with van der Waals surface area (Å²) in [6.07, 6.45) is 2.79. The molecule has 0 spiro atoms. The number of carboxylic acid groups (broad SMARTS) is 1. The summed E-state index contributed by atoms with van der Waals surface area (Å²) in [7, 11) is 0. The number of nitrogens with two attached hydrogens (primary N) is 1. The molecule has 5 nitrogen and oxygen atoms in total. The van der Waals surface area contributed by atoms with Gasteiger partial charge in [0.05, 0.1) is 5.54 Å². The first-order valence-electron chi connectivity index (χ1n) is 6.02. The van der Waals surface area contributed by atoms with Crippen LogP contribution in [-0.4, -0.2) is 28.1 Å². The highest BCUT2D eigenvalue weighted by atomic mass is 16.4. The molecule has 1 fully saturated rings. The summed E-state index contributed by atoms with van der Waals surface area (Å²) in [4.78, 5) is 22.8. The average molecular weight is 242 g/mol. The fraction of sp³-hybridized carbons (Fsp3) is 0.833. The van der Waals surface area contributed by atoms with Crippen molar-refractivity contribution in [1.82, 2.24) is 5.32 Å². The summed E-state index contributed by atoms with van der Waals surface area (Å²) < 4.78 is 0. The molecule has 0 aromatic heterocycles. The molecule has 0 heterocycles. The Balaban J connectivity index is 2.87. The lowest BCUT2D eigenvalue weighted by atomic mass is 9.76. The second-order valence-corrected chi connectivity index (χ2v) is 5.68. The zero-order chi connectivity index (χ0) is 13.3. The predicted octanol–water partition coefficient (Wildman–Crippen LogP) is 0.873. The number of carbonyl (C=O) groups excluding carboxylic acids is 1. The lowest BCUT2D eigenvalue weighted by molar-refractivity contribution is -0.148. The quantitative estimate of drug-likeness (QED) is 0.682. The largest absolute Gasteiger partial charge is 0.480 e. The van der Waals surface area contributed by atoms with Crippen molar-refractivity contribution < 1.29 is 14.7 Å². The van der Waals surface area contributed by atoms with Gasteiger partial charge in [-0.3, -0.25) is 14.9 Å². The molecule has 0 aromatic rings. The van der Waals surface area contributed by atoms with Gasteiger partial charge in [0.25, 0.3) is 0 Å². The molecule has 4 N–H and O–H groups in total. The third-order valence-corrected chi connectivity index (χ3v) is 3.70. The molecule has 17 heavy (non-hydrogen) atoms. The number of hydrogen-bond donors (Lipinski definition) is 3. The molecule has 0 aliphatic heterocycles. The van der Waals surface area contributed by atoms with Crippen molar-refractivity contribution in [2.24, 2.45) is 11.7 Å². The van der Waals surface area contributed by atoms with Gasteiger partial charge in [0.1, 0.15) is 5.54 Å². The van der Waals surface area contributed by atoms with E-state index in [1.165, 1.54) is 0 Å². The number of aliphatic carboxylic acids is 1. The number of nitrogens with one attached hydrogen (secondary N) is 1. The van der Waals surface area contributed by atoms with Crippen LogP contribution in [0.15, 0.2) is 0 Å². The van der Waals surface area contributed by atoms with Crippen LogP contribution in [-0.2, 0) is 9.59 Å². The van der Waals surface area contributed by atoms with Crippen molar-refractivity contribution in [2.45, 2.75) is 57.5 Å². The van der Waals surface area contributed by atoms with Gasteiger partial charge in [-0.25, -0.2) is 0 Å². The summed E-state index contributed by atoms with van der Waals surface area (Å²) in [6.45, 7) is 5.36. The van der Waals surface area contributed by atoms with Crippen LogP contribution in [0.25, 0.3) is 0 Å². The van der Waals surface area contributed by atoms with Gasteiger partial charge < -0.3 is 10.8 Å². The first-order chi connectivity index (χ1) is 7.69. The van der Waals surface area contributed by atoms with E-state index in [0.29, 0.717) is 18.8 Å². The summed E-state index contributed by atoms with van der Waals surface area (Å²) in [5, 5.41) is 12.4. The monoisotopic (exact) mass is 242 g/mol. The first-order valence-corrected chi connectivity index (χ1v) is 6.02. The van der Waals surface area contributed by atoms with Crippen molar-refractivity contribution in [1.29, 1.82) is 0 Å². The van der Waals surface area contributed by atoms with E-state index in [4.69, 9.17) is 5.73 Å². The number of carboxylic acids is 1. The summed E-state index contributed by atoms with van der Waals surface area (Å²) in [5.74, 6) is -0.878. The van der Waals surface area contributed by atoms with Gasteiger partial charge in [-0.05, 0) is 45.4 Å². The molecular formula is C12H22N2O3. The molecular weight excluding hydrogens is 220 g/mol. The Bertz CT molecular complexity index is 318. The maximum atomic E-state index is 11.5. The van der Waals surface area contributed by atoms with Crippen LogP contribution >= 0.6 is 0 Å². The van der Waals surface area contributed by atoms with E-state index in [0.717, 1.165) is 12.8 Å². The van der Waals surface area contributed by atoms with E-state index >= 15 is 0 Å². The zero-order valence-electron chi connectivity index (χ0n) is 10.7. The molecule has 1 saturated carbocycles. The second-order valence-electron chi connectivity index (χ2n) is 5.68. The molecule has 0 atom stereocenters. The maximum Gasteiger partial charge on any atom is 0.323 e. The number of carbonyl (C=O) groups is 2. The zero-order valence-corrected chi connectivity index (χ0v) is 10.7. The van der Waals surface area contributed by atoms with Crippen molar-refractivity contribution in [3.8, 4) is 0 Å². The van der Waals surface area contributed by atoms with Gasteiger partial charge in [-0.15, -0.1) is 0 Å². The SMILES string of the molecule is CC1CCC(NC(C)(C)C(N)=O)(C(=O)O)CC1. The molecule has 0 unspecified atom stereocenters. The van der Waals surface area contributed by atoms with Crippen LogP contribution in [0.5, 0.6) is 0 Å². The van der Waals surface area contributed by atoms with Gasteiger partial charge in [-0.1, -0.05) is 6.92 Å². The van der Waals surface area contributed by atoms with E-state index in [1.54, 1.807) is 13.8 Å². The summed E-state index contributed by atoms with van der Waals surface area (Å²) in [5.41, 5.74) is 3.27. The second kappa shape index (κ2) is 4.64. The first kappa shape index (κ1) is 14.0. The summed E-state index contributed by atoms with van der Waals surface area (Å²) >= 11 is 0. The average Bonchev–Trinajstić information content (AvgIpc) is 2.21. The number of primary amides is 1. The Hall–Kier alpha value is -1.10. The van der Waals surface area contributed by atoms with Crippen LogP contribution in [0.3, 0.4) is 0 Å². The normalized spacial score (nSPS) is 29.9. The number of hydrogen-bond acceptors (Lipinski definition) is 3. The van der Waals surface area contributed by atoms with E-state index in [1.807, 2.05) is 0 Å². The van der Waals surface area contributed by atoms with Gasteiger partial charge in [0, 0.05) is 0 Å². The van der Waals surface area contributed by atoms with Crippen LogP contribution in [0.1, 0.15) is 46.5 Å². The van der Waals surface area contributed by atoms with Crippen LogP contribution in [0.2, 0.25) is 0 Å². The molecule has 1 amide bonds. The van der Waals surface area contributed by atoms with Gasteiger partial charge in [0.2, 0.25) is 5.91 Å². The van der Waals surface area contributed by atoms with E-state index in [9.17, 15) is 14.7 Å². The highest BCUT2D eigenvalue weighted by Gasteiger charge is 2.45. The maximum absolute atomic E-state index is 11.5. The van der Waals surface area contributed by atoms with E-state index in [-0.39, 0.29) is 0 Å². The topological polar surface area (TPSA) is 92.4 Å². The fourth-order valence-electron chi connectivity index (χ4n) is 2.31. The molecule has 0 radical (unpaired) electrons. The van der Waals surface area contributed by atoms with Crippen LogP contribution in [0, 0.1) is 5.92 Å². The predicted molar refractivity (Wildman–Crippen MR) is 64.4 cm³/mol. The Morgan fingerprint density at radius 1 is 1.35 bits per heavy atom. The van der Waals surface area contributed by atoms with Crippen LogP contribution < -0.4 is 11.1 Å². The molecule has 0 saturated heterocycles. The lowest BCUT2D eigenvalue weighted by Gasteiger charge is -2.41. The minimum atomic E-state index is -1.01. The van der Waals surface area contributed by atoms with Gasteiger partial charge >= 0.3 is 5.97 Å². The highest BCUT2D eigenvalue weighted by molar-refractivity contribution is 5.86. The third-order valence-electron chi connectivity index (χ3n) is 3.70. The Kier molecular flexibility index (Phi) is 3.81. The van der Waals surface area contributed by atoms with E-state index in [2.05, 4.69) is 12.2 Å². The van der Waals surface area contributed by atoms with Crippen molar-refractivity contribution in [2.75, 3.05) is 0 Å². The van der Waals surface area contributed by atoms with Crippen molar-refractivity contribution in [3.63, 3.8) is 0 Å². The smallest absolute Gasteiger partial charge is 0.323 e. The van der Waals surface area contributed by atoms with Gasteiger partial charge in [0.15, 0.2) is 0 Å². The molecule has 0 bridgehead atoms. The minimum absolute atomic E-state index is 0.531. The Labute approximate surface area is 102 Å². The van der Waals surface area contributed by atoms with Crippen LogP contribution in [0.4, 0.5) is 0 Å². The Morgan fingerprint density at radius 3 is 2.18 bits per heavy atom. The minimum Gasteiger partial charge on any atom is -0.480 e. The molecule has 1 rings (SSSR count). The van der Waals surface area contributed by atoms with E-state index < -0.39 is 23.0 Å². The number of amides is 1. The Morgan fingerprint density at radius 2 is 1.82 bits per heavy atom. The van der Waals surface area contributed by atoms with Crippen molar-refractivity contribution >= 4 is 11.9 Å². The third kappa shape index (κ3) is 2.97. The molecule has 98 valence electrons.